The van der Waals surface area contributed by atoms with Crippen molar-refractivity contribution in [3.05, 3.63) is 58.9 Å². The molecule has 0 fully saturated rings. The Morgan fingerprint density at radius 3 is 2.75 bits per heavy atom. The minimum Gasteiger partial charge on any atom is -0.398 e. The molecule has 1 atom stereocenters. The molecule has 0 aliphatic heterocycles. The minimum absolute atomic E-state index is 0.252. The minimum atomic E-state index is -1.19. The molecule has 0 aromatic heterocycles. The maximum absolute atomic E-state index is 13.2. The topological polar surface area (TPSA) is 43.1 Å². The first-order valence-electron chi connectivity index (χ1n) is 6.67. The molecule has 2 aromatic rings. The molecule has 2 N–H and O–H groups in total. The van der Waals surface area contributed by atoms with Crippen molar-refractivity contribution in [3.63, 3.8) is 0 Å². The zero-order chi connectivity index (χ0) is 14.1. The summed E-state index contributed by atoms with van der Waals surface area (Å²) >= 11 is 0. The van der Waals surface area contributed by atoms with Gasteiger partial charge in [0, 0.05) is 10.6 Å². The molecule has 0 heterocycles. The number of aryl methyl sites for hydroxylation is 2. The highest BCUT2D eigenvalue weighted by molar-refractivity contribution is 7.84. The highest BCUT2D eigenvalue weighted by Gasteiger charge is 2.14. The smallest absolute Gasteiger partial charge is 0.123 e. The van der Waals surface area contributed by atoms with Crippen LogP contribution >= 0.6 is 0 Å². The summed E-state index contributed by atoms with van der Waals surface area (Å²) in [5, 5.41) is 0. The first-order valence-corrected chi connectivity index (χ1v) is 7.99. The van der Waals surface area contributed by atoms with E-state index < -0.39 is 10.8 Å². The van der Waals surface area contributed by atoms with E-state index in [-0.39, 0.29) is 11.6 Å². The van der Waals surface area contributed by atoms with Crippen molar-refractivity contribution in [1.29, 1.82) is 0 Å². The van der Waals surface area contributed by atoms with E-state index in [1.54, 1.807) is 0 Å². The van der Waals surface area contributed by atoms with Gasteiger partial charge in [-0.25, -0.2) is 4.39 Å². The molecule has 104 valence electrons. The van der Waals surface area contributed by atoms with Crippen LogP contribution in [0.4, 0.5) is 10.1 Å². The Hall–Kier alpha value is -1.68. The molecule has 4 heteroatoms. The van der Waals surface area contributed by atoms with E-state index in [9.17, 15) is 8.60 Å². The van der Waals surface area contributed by atoms with E-state index in [2.05, 4.69) is 6.07 Å². The van der Waals surface area contributed by atoms with E-state index in [4.69, 9.17) is 5.73 Å². The van der Waals surface area contributed by atoms with E-state index in [0.29, 0.717) is 11.3 Å². The lowest BCUT2D eigenvalue weighted by atomic mass is 10.1. The summed E-state index contributed by atoms with van der Waals surface area (Å²) in [4.78, 5) is 0.800. The normalized spacial score (nSPS) is 15.1. The van der Waals surface area contributed by atoms with Crippen LogP contribution in [0.25, 0.3) is 0 Å². The number of nitrogens with two attached hydrogens (primary N) is 1. The number of rotatable bonds is 3. The molecular formula is C16H16FNOS. The number of halogens is 1. The van der Waals surface area contributed by atoms with Gasteiger partial charge in [0.1, 0.15) is 5.82 Å². The van der Waals surface area contributed by atoms with Crippen molar-refractivity contribution in [2.45, 2.75) is 29.9 Å². The second-order valence-corrected chi connectivity index (χ2v) is 6.57. The molecule has 0 saturated carbocycles. The average Bonchev–Trinajstić information content (AvgIpc) is 2.90. The zero-order valence-corrected chi connectivity index (χ0v) is 11.9. The zero-order valence-electron chi connectivity index (χ0n) is 11.1. The highest BCUT2D eigenvalue weighted by Crippen LogP contribution is 2.25. The fourth-order valence-electron chi connectivity index (χ4n) is 2.61. The summed E-state index contributed by atoms with van der Waals surface area (Å²) in [5.74, 6) is -0.0947. The summed E-state index contributed by atoms with van der Waals surface area (Å²) in [6.07, 6.45) is 3.34. The van der Waals surface area contributed by atoms with Gasteiger partial charge in [0.2, 0.25) is 0 Å². The number of hydrogen-bond donors (Lipinski definition) is 1. The van der Waals surface area contributed by atoms with Crippen LogP contribution in [-0.2, 0) is 29.4 Å². The van der Waals surface area contributed by atoms with Crippen LogP contribution in [0.5, 0.6) is 0 Å². The molecule has 1 unspecified atom stereocenters. The van der Waals surface area contributed by atoms with Crippen LogP contribution in [-0.4, -0.2) is 4.21 Å². The van der Waals surface area contributed by atoms with E-state index in [0.717, 1.165) is 17.7 Å². The summed E-state index contributed by atoms with van der Waals surface area (Å²) in [7, 11) is -1.19. The van der Waals surface area contributed by atoms with Crippen molar-refractivity contribution in [1.82, 2.24) is 0 Å². The Kier molecular flexibility index (Phi) is 3.57. The number of nitrogen functional groups attached to an aromatic ring is 1. The quantitative estimate of drug-likeness (QED) is 0.882. The van der Waals surface area contributed by atoms with Gasteiger partial charge in [-0.05, 0) is 66.3 Å². The van der Waals surface area contributed by atoms with E-state index in [1.807, 2.05) is 12.1 Å². The maximum Gasteiger partial charge on any atom is 0.123 e. The van der Waals surface area contributed by atoms with Crippen LogP contribution in [0, 0.1) is 5.82 Å². The second-order valence-electron chi connectivity index (χ2n) is 5.12. The molecule has 0 bridgehead atoms. The lowest BCUT2D eigenvalue weighted by Crippen LogP contribution is -2.02. The number of anilines is 1. The van der Waals surface area contributed by atoms with Crippen molar-refractivity contribution in [2.24, 2.45) is 0 Å². The molecule has 20 heavy (non-hydrogen) atoms. The van der Waals surface area contributed by atoms with Gasteiger partial charge in [-0.3, -0.25) is 4.21 Å². The third kappa shape index (κ3) is 2.61. The standard InChI is InChI=1S/C16H16FNOS/c17-14-5-7-16(18)13(8-14)10-20(19)15-6-4-11-2-1-3-12(11)9-15/h4-9H,1-3,10,18H2. The number of hydrogen-bond acceptors (Lipinski definition) is 2. The van der Waals surface area contributed by atoms with Gasteiger partial charge in [0.15, 0.2) is 0 Å². The third-order valence-electron chi connectivity index (χ3n) is 3.72. The molecule has 1 aliphatic carbocycles. The van der Waals surface area contributed by atoms with Crippen LogP contribution in [0.3, 0.4) is 0 Å². The SMILES string of the molecule is Nc1ccc(F)cc1CS(=O)c1ccc2c(c1)CCC2. The largest absolute Gasteiger partial charge is 0.398 e. The van der Waals surface area contributed by atoms with E-state index in [1.165, 1.54) is 35.7 Å². The van der Waals surface area contributed by atoms with E-state index >= 15 is 0 Å². The molecule has 2 nitrogen and oxygen atoms in total. The fraction of sp³-hybridized carbons (Fsp3) is 0.250. The Balaban J connectivity index is 1.84. The van der Waals surface area contributed by atoms with Crippen molar-refractivity contribution in [2.75, 3.05) is 5.73 Å². The highest BCUT2D eigenvalue weighted by atomic mass is 32.2. The number of fused-ring (bicyclic) bond motifs is 1. The Morgan fingerprint density at radius 1 is 1.10 bits per heavy atom. The van der Waals surface area contributed by atoms with Crippen molar-refractivity contribution >= 4 is 16.5 Å². The monoisotopic (exact) mass is 289 g/mol. The second kappa shape index (κ2) is 5.37. The Morgan fingerprint density at radius 2 is 1.90 bits per heavy atom. The van der Waals surface area contributed by atoms with Crippen molar-refractivity contribution in [3.8, 4) is 0 Å². The Bertz CT molecular complexity index is 684. The van der Waals surface area contributed by atoms with Gasteiger partial charge in [-0.1, -0.05) is 6.07 Å². The third-order valence-corrected chi connectivity index (χ3v) is 5.08. The van der Waals surface area contributed by atoms with Crippen LogP contribution in [0.1, 0.15) is 23.1 Å². The predicted octanol–water partition coefficient (Wildman–Crippen LogP) is 3.20. The van der Waals surface area contributed by atoms with Crippen LogP contribution < -0.4 is 5.73 Å². The van der Waals surface area contributed by atoms with Crippen molar-refractivity contribution < 1.29 is 8.60 Å². The average molecular weight is 289 g/mol. The van der Waals surface area contributed by atoms with Gasteiger partial charge in [-0.15, -0.1) is 0 Å². The molecule has 0 amide bonds. The van der Waals surface area contributed by atoms with Gasteiger partial charge >= 0.3 is 0 Å². The van der Waals surface area contributed by atoms with Gasteiger partial charge < -0.3 is 5.73 Å². The summed E-state index contributed by atoms with van der Waals surface area (Å²) in [5.41, 5.74) is 9.54. The lowest BCUT2D eigenvalue weighted by molar-refractivity contribution is 0.626. The Labute approximate surface area is 120 Å². The first kappa shape index (κ1) is 13.3. The summed E-state index contributed by atoms with van der Waals surface area (Å²) in [6.45, 7) is 0. The van der Waals surface area contributed by atoms with Gasteiger partial charge in [-0.2, -0.15) is 0 Å². The molecule has 3 rings (SSSR count). The molecule has 2 aromatic carbocycles. The summed E-state index contributed by atoms with van der Waals surface area (Å²) < 4.78 is 25.6. The van der Waals surface area contributed by atoms with Crippen LogP contribution in [0.2, 0.25) is 0 Å². The molecule has 1 aliphatic rings. The molecule has 0 radical (unpaired) electrons. The fourth-order valence-corrected chi connectivity index (χ4v) is 3.81. The predicted molar refractivity (Wildman–Crippen MR) is 79.4 cm³/mol. The summed E-state index contributed by atoms with van der Waals surface area (Å²) in [6, 6.07) is 10.2. The maximum atomic E-state index is 13.2. The van der Waals surface area contributed by atoms with Gasteiger partial charge in [0.25, 0.3) is 0 Å². The number of benzene rings is 2. The first-order chi connectivity index (χ1) is 9.63. The molecular weight excluding hydrogens is 273 g/mol. The molecule has 0 spiro atoms. The van der Waals surface area contributed by atoms with Gasteiger partial charge in [0.05, 0.1) is 16.6 Å². The van der Waals surface area contributed by atoms with Crippen LogP contribution in [0.15, 0.2) is 41.3 Å². The molecule has 0 saturated heterocycles. The lowest BCUT2D eigenvalue weighted by Gasteiger charge is -2.08.